The maximum atomic E-state index is 13.9. The van der Waals surface area contributed by atoms with Crippen LogP contribution < -0.4 is 9.47 Å². The molecule has 0 saturated heterocycles. The summed E-state index contributed by atoms with van der Waals surface area (Å²) in [4.78, 5) is 3.19. The molecule has 1 aliphatic carbocycles. The minimum absolute atomic E-state index is 0.0503. The fourth-order valence-corrected chi connectivity index (χ4v) is 8.80. The highest BCUT2D eigenvalue weighted by Gasteiger charge is 2.28. The molecule has 2 aromatic heterocycles. The van der Waals surface area contributed by atoms with E-state index in [1.165, 1.54) is 17.2 Å². The predicted octanol–water partition coefficient (Wildman–Crippen LogP) is 8.17. The second-order valence-corrected chi connectivity index (χ2v) is 15.4. The number of aromatic nitrogens is 1. The Kier molecular flexibility index (Phi) is 8.14. The number of fused-ring (bicyclic) bond motifs is 4. The molecule has 224 valence electrons. The van der Waals surface area contributed by atoms with Gasteiger partial charge in [-0.15, -0.1) is 0 Å². The third-order valence-corrected chi connectivity index (χ3v) is 10.7. The zero-order chi connectivity index (χ0) is 30.4. The van der Waals surface area contributed by atoms with E-state index in [2.05, 4.69) is 60.6 Å². The molecular weight excluding hydrogens is 604 g/mol. The second-order valence-electron chi connectivity index (χ2n) is 11.7. The summed E-state index contributed by atoms with van der Waals surface area (Å²) in [5.41, 5.74) is 5.13. The lowest BCUT2D eigenvalue weighted by Crippen LogP contribution is -2.36. The molecule has 1 aliphatic heterocycles. The van der Waals surface area contributed by atoms with E-state index in [-0.39, 0.29) is 17.7 Å². The fraction of sp³-hybridized carbons (Fsp3) is 0.303. The van der Waals surface area contributed by atoms with Gasteiger partial charge in [0, 0.05) is 29.7 Å². The normalized spacial score (nSPS) is 18.9. The SMILES string of the molecule is CCN1/C(=C/C=C/C2=CC(=C/c3sc4ccc5occc5c4[n+]3CCCS(=O)(=O)[O-])/CC(C)(C)C2)Sc2ccc(F)cc21. The summed E-state index contributed by atoms with van der Waals surface area (Å²) in [7, 11) is -4.30. The van der Waals surface area contributed by atoms with E-state index >= 15 is 0 Å². The van der Waals surface area contributed by atoms with Crippen LogP contribution in [0.2, 0.25) is 0 Å². The summed E-state index contributed by atoms with van der Waals surface area (Å²) in [6.45, 7) is 7.77. The van der Waals surface area contributed by atoms with Crippen LogP contribution in [0, 0.1) is 11.2 Å². The molecule has 0 amide bonds. The van der Waals surface area contributed by atoms with E-state index in [1.807, 2.05) is 24.3 Å². The van der Waals surface area contributed by atoms with Crippen LogP contribution in [0.15, 0.2) is 92.5 Å². The summed E-state index contributed by atoms with van der Waals surface area (Å²) >= 11 is 3.31. The molecule has 0 fully saturated rings. The van der Waals surface area contributed by atoms with Crippen LogP contribution in [0.4, 0.5) is 10.1 Å². The summed E-state index contributed by atoms with van der Waals surface area (Å²) < 4.78 is 56.8. The zero-order valence-electron chi connectivity index (χ0n) is 24.3. The average molecular weight is 637 g/mol. The van der Waals surface area contributed by atoms with Gasteiger partial charge >= 0.3 is 0 Å². The molecule has 0 saturated carbocycles. The molecule has 4 aromatic rings. The third kappa shape index (κ3) is 6.52. The number of halogens is 1. The van der Waals surface area contributed by atoms with Crippen molar-refractivity contribution >= 4 is 66.2 Å². The number of furan rings is 1. The highest BCUT2D eigenvalue weighted by molar-refractivity contribution is 8.03. The van der Waals surface area contributed by atoms with Gasteiger partial charge in [0.15, 0.2) is 6.54 Å². The fourth-order valence-electron chi connectivity index (χ4n) is 6.02. The van der Waals surface area contributed by atoms with Crippen molar-refractivity contribution in [1.29, 1.82) is 0 Å². The van der Waals surface area contributed by atoms with Crippen molar-refractivity contribution in [2.24, 2.45) is 5.41 Å². The Morgan fingerprint density at radius 3 is 2.81 bits per heavy atom. The van der Waals surface area contributed by atoms with Crippen LogP contribution in [-0.4, -0.2) is 25.3 Å². The first kappa shape index (κ1) is 29.9. The molecule has 2 aliphatic rings. The molecule has 6 rings (SSSR count). The summed E-state index contributed by atoms with van der Waals surface area (Å²) in [6.07, 6.45) is 14.5. The average Bonchev–Trinajstić information content (AvgIpc) is 3.62. The van der Waals surface area contributed by atoms with Gasteiger partial charge in [-0.2, -0.15) is 4.57 Å². The molecule has 0 spiro atoms. The van der Waals surface area contributed by atoms with Gasteiger partial charge in [-0.1, -0.05) is 55.2 Å². The molecular formula is C33H33FN2O4S3. The van der Waals surface area contributed by atoms with Crippen LogP contribution in [0.5, 0.6) is 0 Å². The molecule has 6 nitrogen and oxygen atoms in total. The van der Waals surface area contributed by atoms with Gasteiger partial charge in [-0.25, -0.2) is 12.8 Å². The standard InChI is InChI=1S/C33H33FN2O4S3/c1-4-35-26-19-24(34)9-11-28(26)41-30(35)8-5-7-22-17-23(21-33(2,3)20-22)18-31-36(14-6-16-43(37,38)39)32-25-13-15-40-27(25)10-12-29(32)42-31/h5,7-13,15,17-19H,4,6,14,16,20-21H2,1-3H3. The number of hydrogen-bond donors (Lipinski definition) is 0. The van der Waals surface area contributed by atoms with Crippen LogP contribution in [0.25, 0.3) is 27.3 Å². The monoisotopic (exact) mass is 636 g/mol. The lowest BCUT2D eigenvalue weighted by Gasteiger charge is -2.30. The molecule has 2 aromatic carbocycles. The number of anilines is 1. The van der Waals surface area contributed by atoms with E-state index in [9.17, 15) is 17.4 Å². The largest absolute Gasteiger partial charge is 0.748 e. The molecule has 43 heavy (non-hydrogen) atoms. The molecule has 0 radical (unpaired) electrons. The minimum Gasteiger partial charge on any atom is -0.748 e. The van der Waals surface area contributed by atoms with Gasteiger partial charge in [0.2, 0.25) is 5.52 Å². The number of benzene rings is 2. The molecule has 0 unspecified atom stereocenters. The smallest absolute Gasteiger partial charge is 0.263 e. The number of hydrogen-bond acceptors (Lipinski definition) is 7. The quantitative estimate of drug-likeness (QED) is 0.143. The topological polar surface area (TPSA) is 77.5 Å². The summed E-state index contributed by atoms with van der Waals surface area (Å²) in [5.74, 6) is -0.632. The Morgan fingerprint density at radius 1 is 1.19 bits per heavy atom. The number of rotatable bonds is 8. The van der Waals surface area contributed by atoms with Gasteiger partial charge in [0.25, 0.3) is 5.01 Å². The molecule has 0 bridgehead atoms. The summed E-state index contributed by atoms with van der Waals surface area (Å²) in [6, 6.07) is 10.9. The number of allylic oxidation sites excluding steroid dienone is 6. The number of thioether (sulfide) groups is 1. The van der Waals surface area contributed by atoms with Crippen LogP contribution in [0.1, 0.15) is 45.0 Å². The maximum Gasteiger partial charge on any atom is 0.263 e. The van der Waals surface area contributed by atoms with Crippen molar-refractivity contribution in [3.05, 3.63) is 94.0 Å². The summed E-state index contributed by atoms with van der Waals surface area (Å²) in [5, 5.41) is 3.05. The van der Waals surface area contributed by atoms with Gasteiger partial charge in [-0.05, 0) is 78.8 Å². The predicted molar refractivity (Wildman–Crippen MR) is 173 cm³/mol. The van der Waals surface area contributed by atoms with Gasteiger partial charge < -0.3 is 13.9 Å². The van der Waals surface area contributed by atoms with E-state index < -0.39 is 15.9 Å². The van der Waals surface area contributed by atoms with Crippen molar-refractivity contribution in [3.63, 3.8) is 0 Å². The maximum absolute atomic E-state index is 13.9. The highest BCUT2D eigenvalue weighted by atomic mass is 32.2. The van der Waals surface area contributed by atoms with Crippen molar-refractivity contribution in [1.82, 2.24) is 0 Å². The number of thiazole rings is 1. The van der Waals surface area contributed by atoms with E-state index in [4.69, 9.17) is 4.42 Å². The third-order valence-electron chi connectivity index (χ3n) is 7.70. The lowest BCUT2D eigenvalue weighted by atomic mass is 9.75. The number of aryl methyl sites for hydroxylation is 1. The van der Waals surface area contributed by atoms with E-state index in [0.29, 0.717) is 6.54 Å². The zero-order valence-corrected chi connectivity index (χ0v) is 26.8. The van der Waals surface area contributed by atoms with Crippen molar-refractivity contribution < 1.29 is 26.3 Å². The van der Waals surface area contributed by atoms with E-state index in [1.54, 1.807) is 35.4 Å². The molecule has 0 N–H and O–H groups in total. The first-order valence-electron chi connectivity index (χ1n) is 14.3. The van der Waals surface area contributed by atoms with Crippen molar-refractivity contribution in [2.75, 3.05) is 17.2 Å². The Balaban J connectivity index is 1.33. The van der Waals surface area contributed by atoms with Crippen LogP contribution in [0.3, 0.4) is 0 Å². The number of nitrogens with zero attached hydrogens (tertiary/aromatic N) is 2. The Labute approximate surface area is 259 Å². The van der Waals surface area contributed by atoms with Gasteiger partial charge in [0.1, 0.15) is 16.1 Å². The Morgan fingerprint density at radius 2 is 2.02 bits per heavy atom. The minimum atomic E-state index is -4.30. The lowest BCUT2D eigenvalue weighted by molar-refractivity contribution is -0.667. The first-order valence-corrected chi connectivity index (χ1v) is 17.5. The molecule has 0 atom stereocenters. The van der Waals surface area contributed by atoms with Crippen molar-refractivity contribution in [2.45, 2.75) is 51.5 Å². The molecule has 3 heterocycles. The second kappa shape index (κ2) is 11.7. The first-order chi connectivity index (χ1) is 20.5. The molecule has 10 heteroatoms. The van der Waals surface area contributed by atoms with Gasteiger partial charge in [0.05, 0.1) is 32.5 Å². The van der Waals surface area contributed by atoms with Crippen LogP contribution >= 0.6 is 23.1 Å². The van der Waals surface area contributed by atoms with Crippen molar-refractivity contribution in [3.8, 4) is 0 Å². The van der Waals surface area contributed by atoms with E-state index in [0.717, 1.165) is 61.2 Å². The Bertz CT molecular complexity index is 1950. The Hall–Kier alpha value is -3.18. The van der Waals surface area contributed by atoms with Crippen LogP contribution in [-0.2, 0) is 16.7 Å². The highest BCUT2D eigenvalue weighted by Crippen LogP contribution is 2.46. The van der Waals surface area contributed by atoms with Gasteiger partial charge in [-0.3, -0.25) is 0 Å².